The van der Waals surface area contributed by atoms with Crippen molar-refractivity contribution >= 4 is 35.1 Å². The summed E-state index contributed by atoms with van der Waals surface area (Å²) in [5.74, 6) is 0.759. The summed E-state index contributed by atoms with van der Waals surface area (Å²) in [5.41, 5.74) is 3.25. The summed E-state index contributed by atoms with van der Waals surface area (Å²) in [6.07, 6.45) is 7.15. The first-order valence-electron chi connectivity index (χ1n) is 17.3. The molecule has 4 aromatic rings. The highest BCUT2D eigenvalue weighted by Crippen LogP contribution is 2.40. The fourth-order valence-corrected chi connectivity index (χ4v) is 7.23. The van der Waals surface area contributed by atoms with E-state index in [-0.39, 0.29) is 17.2 Å². The third-order valence-electron chi connectivity index (χ3n) is 9.66. The fourth-order valence-electron chi connectivity index (χ4n) is 6.73. The van der Waals surface area contributed by atoms with Crippen LogP contribution in [-0.4, -0.2) is 26.5 Å². The van der Waals surface area contributed by atoms with E-state index in [0.29, 0.717) is 33.7 Å². The van der Waals surface area contributed by atoms with Crippen LogP contribution in [0.3, 0.4) is 0 Å². The van der Waals surface area contributed by atoms with Crippen molar-refractivity contribution in [2.24, 2.45) is 17.3 Å². The van der Waals surface area contributed by atoms with Crippen LogP contribution in [0.1, 0.15) is 95.3 Å². The molecule has 0 bridgehead atoms. The molecular formula is C40H47Cl2N3O4. The quantitative estimate of drug-likeness (QED) is 0.145. The minimum atomic E-state index is -1.13. The number of carboxylic acid groups (broad SMARTS) is 1. The highest BCUT2D eigenvalue weighted by Gasteiger charge is 2.34. The Hall–Kier alpha value is -3.81. The van der Waals surface area contributed by atoms with Gasteiger partial charge in [-0.3, -0.25) is 4.79 Å². The van der Waals surface area contributed by atoms with E-state index >= 15 is 0 Å². The number of carboxylic acids is 1. The fraction of sp³-hybridized carbons (Fsp3) is 0.425. The number of aliphatic carboxylic acids is 1. The summed E-state index contributed by atoms with van der Waals surface area (Å²) in [7, 11) is 0. The molecular weight excluding hydrogens is 657 g/mol. The van der Waals surface area contributed by atoms with Gasteiger partial charge >= 0.3 is 5.97 Å². The van der Waals surface area contributed by atoms with Gasteiger partial charge in [-0.25, -0.2) is 9.78 Å². The number of imidazole rings is 1. The van der Waals surface area contributed by atoms with Crippen molar-refractivity contribution in [2.45, 2.75) is 91.3 Å². The molecule has 0 spiro atoms. The number of aryl methyl sites for hydroxylation is 1. The molecule has 1 heterocycles. The van der Waals surface area contributed by atoms with Gasteiger partial charge in [-0.1, -0.05) is 99.8 Å². The molecule has 3 aromatic carbocycles. The van der Waals surface area contributed by atoms with Crippen LogP contribution < -0.4 is 10.1 Å². The maximum absolute atomic E-state index is 13.9. The molecule has 5 rings (SSSR count). The zero-order valence-corrected chi connectivity index (χ0v) is 30.3. The summed E-state index contributed by atoms with van der Waals surface area (Å²) in [6, 6.07) is 21.3. The Morgan fingerprint density at radius 3 is 2.31 bits per heavy atom. The number of nitrogens with one attached hydrogen (secondary N) is 1. The maximum atomic E-state index is 13.9. The Labute approximate surface area is 300 Å². The molecule has 2 atom stereocenters. The van der Waals surface area contributed by atoms with Gasteiger partial charge in [0.1, 0.15) is 11.6 Å². The third-order valence-corrected chi connectivity index (χ3v) is 10.2. The first kappa shape index (κ1) is 36.5. The summed E-state index contributed by atoms with van der Waals surface area (Å²) in [5, 5.41) is 14.3. The van der Waals surface area contributed by atoms with Gasteiger partial charge in [0.15, 0.2) is 0 Å². The molecule has 9 heteroatoms. The Morgan fingerprint density at radius 2 is 1.69 bits per heavy atom. The summed E-state index contributed by atoms with van der Waals surface area (Å²) in [6.45, 7) is 9.75. The van der Waals surface area contributed by atoms with Crippen molar-refractivity contribution < 1.29 is 19.4 Å². The molecule has 0 radical (unpaired) electrons. The first-order valence-corrected chi connectivity index (χ1v) is 18.0. The second-order valence-corrected chi connectivity index (χ2v) is 15.1. The van der Waals surface area contributed by atoms with Gasteiger partial charge in [0.05, 0.1) is 16.8 Å². The molecule has 49 heavy (non-hydrogen) atoms. The molecule has 1 unspecified atom stereocenters. The smallest absolute Gasteiger partial charge is 0.349 e. The number of aromatic nitrogens is 2. The van der Waals surface area contributed by atoms with Gasteiger partial charge in [0, 0.05) is 34.8 Å². The van der Waals surface area contributed by atoms with Crippen LogP contribution in [0.2, 0.25) is 10.0 Å². The molecule has 0 aliphatic heterocycles. The Balaban J connectivity index is 1.43. The van der Waals surface area contributed by atoms with Crippen molar-refractivity contribution in [3.8, 4) is 17.0 Å². The van der Waals surface area contributed by atoms with Crippen LogP contribution in [-0.2, 0) is 22.6 Å². The van der Waals surface area contributed by atoms with E-state index in [1.807, 2.05) is 30.5 Å². The number of amides is 1. The van der Waals surface area contributed by atoms with Crippen LogP contribution in [0.5, 0.6) is 5.75 Å². The van der Waals surface area contributed by atoms with Gasteiger partial charge in [-0.15, -0.1) is 0 Å². The first-order chi connectivity index (χ1) is 23.4. The predicted octanol–water partition coefficient (Wildman–Crippen LogP) is 10.1. The Bertz CT molecular complexity index is 1710. The van der Waals surface area contributed by atoms with Gasteiger partial charge in [-0.2, -0.15) is 0 Å². The van der Waals surface area contributed by atoms with Crippen molar-refractivity contribution in [3.05, 3.63) is 106 Å². The van der Waals surface area contributed by atoms with Crippen molar-refractivity contribution in [1.29, 1.82) is 0 Å². The van der Waals surface area contributed by atoms with Gasteiger partial charge in [0.2, 0.25) is 12.0 Å². The zero-order valence-electron chi connectivity index (χ0n) is 28.8. The topological polar surface area (TPSA) is 93.5 Å². The Morgan fingerprint density at radius 1 is 1.00 bits per heavy atom. The monoisotopic (exact) mass is 703 g/mol. The second kappa shape index (κ2) is 16.3. The minimum Gasteiger partial charge on any atom is -0.478 e. The molecule has 1 aliphatic rings. The van der Waals surface area contributed by atoms with Crippen molar-refractivity contribution in [1.82, 2.24) is 14.9 Å². The number of hydrogen-bond donors (Lipinski definition) is 2. The summed E-state index contributed by atoms with van der Waals surface area (Å²) >= 11 is 12.8. The van der Waals surface area contributed by atoms with Crippen LogP contribution >= 0.6 is 23.2 Å². The summed E-state index contributed by atoms with van der Waals surface area (Å²) in [4.78, 5) is 31.1. The molecule has 260 valence electrons. The number of hydrogen-bond acceptors (Lipinski definition) is 4. The largest absolute Gasteiger partial charge is 0.478 e. The zero-order chi connectivity index (χ0) is 35.1. The lowest BCUT2D eigenvalue weighted by molar-refractivity contribution is -0.145. The number of nitrogens with zero attached hydrogens (tertiary/aromatic N) is 2. The maximum Gasteiger partial charge on any atom is 0.349 e. The van der Waals surface area contributed by atoms with E-state index < -0.39 is 18.1 Å². The van der Waals surface area contributed by atoms with Crippen LogP contribution in [0.25, 0.3) is 11.3 Å². The molecule has 7 nitrogen and oxygen atoms in total. The average Bonchev–Trinajstić information content (AvgIpc) is 3.50. The highest BCUT2D eigenvalue weighted by molar-refractivity contribution is 6.36. The van der Waals surface area contributed by atoms with Gasteiger partial charge < -0.3 is 19.7 Å². The standard InChI is InChI=1S/C40H47Cl2N3O4/c1-5-6-22-45-25-35(32-21-18-30(41)24-33(32)42)43-37(45)34(44-38(46)28-14-16-29(17-15-28)40(2,3)4)23-26-12-19-31(20-13-26)49-36(39(47)48)27-10-8-7-9-11-27/h7-13,18-21,24-25,28-29,34,36H,5-6,14-17,22-23H2,1-4H3,(H,44,46)(H,47,48)/t28?,29?,34-,36?/m0/s1. The number of carbonyl (C=O) groups is 2. The van der Waals surface area contributed by atoms with E-state index in [1.165, 1.54) is 0 Å². The number of ether oxygens (including phenoxy) is 1. The van der Waals surface area contributed by atoms with Gasteiger partial charge in [0.25, 0.3) is 0 Å². The van der Waals surface area contributed by atoms with Crippen LogP contribution in [0, 0.1) is 17.3 Å². The number of rotatable bonds is 13. The van der Waals surface area contributed by atoms with E-state index in [0.717, 1.165) is 67.7 Å². The van der Waals surface area contributed by atoms with Crippen molar-refractivity contribution in [3.63, 3.8) is 0 Å². The molecule has 1 amide bonds. The lowest BCUT2D eigenvalue weighted by Gasteiger charge is -2.36. The van der Waals surface area contributed by atoms with Crippen LogP contribution in [0.15, 0.2) is 79.0 Å². The lowest BCUT2D eigenvalue weighted by atomic mass is 9.69. The minimum absolute atomic E-state index is 0.0490. The van der Waals surface area contributed by atoms with E-state index in [4.69, 9.17) is 32.9 Å². The molecule has 2 N–H and O–H groups in total. The molecule has 1 aliphatic carbocycles. The molecule has 1 fully saturated rings. The third kappa shape index (κ3) is 9.46. The normalized spacial score (nSPS) is 17.7. The lowest BCUT2D eigenvalue weighted by Crippen LogP contribution is -2.38. The predicted molar refractivity (Wildman–Crippen MR) is 196 cm³/mol. The number of benzene rings is 3. The average molecular weight is 705 g/mol. The number of halogens is 2. The highest BCUT2D eigenvalue weighted by atomic mass is 35.5. The Kier molecular flexibility index (Phi) is 12.1. The van der Waals surface area contributed by atoms with Crippen LogP contribution in [0.4, 0.5) is 0 Å². The summed E-state index contributed by atoms with van der Waals surface area (Å²) < 4.78 is 8.05. The van der Waals surface area contributed by atoms with E-state index in [1.54, 1.807) is 48.5 Å². The molecule has 1 aromatic heterocycles. The SMILES string of the molecule is CCCCn1cc(-c2ccc(Cl)cc2Cl)nc1[C@H](Cc1ccc(OC(C(=O)O)c2ccccc2)cc1)NC(=O)C1CCC(C(C)(C)C)CC1. The molecule has 1 saturated carbocycles. The second-order valence-electron chi connectivity index (χ2n) is 14.2. The number of unbranched alkanes of at least 4 members (excludes halogenated alkanes) is 1. The van der Waals surface area contributed by atoms with Crippen molar-refractivity contribution in [2.75, 3.05) is 0 Å². The molecule has 0 saturated heterocycles. The van der Waals surface area contributed by atoms with E-state index in [9.17, 15) is 14.7 Å². The van der Waals surface area contributed by atoms with Gasteiger partial charge in [-0.05, 0) is 85.8 Å². The number of carbonyl (C=O) groups excluding carboxylic acids is 1. The van der Waals surface area contributed by atoms with E-state index in [2.05, 4.69) is 37.6 Å².